The molecule has 0 spiro atoms. The van der Waals surface area contributed by atoms with Crippen LogP contribution in [-0.2, 0) is 0 Å². The number of carbonyl (C=O) groups excluding carboxylic acids is 1. The number of nitrogens with zero attached hydrogens (tertiary/aromatic N) is 2. The van der Waals surface area contributed by atoms with Crippen molar-refractivity contribution in [2.75, 3.05) is 0 Å². The Balaban J connectivity index is 2.87. The Morgan fingerprint density at radius 3 is 3.07 bits per heavy atom. The van der Waals surface area contributed by atoms with Gasteiger partial charge in [0.2, 0.25) is 0 Å². The first-order chi connectivity index (χ1) is 6.74. The van der Waals surface area contributed by atoms with Gasteiger partial charge in [-0.05, 0) is 12.1 Å². The Morgan fingerprint density at radius 2 is 2.43 bits per heavy atom. The summed E-state index contributed by atoms with van der Waals surface area (Å²) >= 11 is 1.15. The molecule has 4 nitrogen and oxygen atoms in total. The van der Waals surface area contributed by atoms with Gasteiger partial charge in [-0.1, -0.05) is 0 Å². The van der Waals surface area contributed by atoms with Gasteiger partial charge in [-0.3, -0.25) is 4.79 Å². The van der Waals surface area contributed by atoms with Crippen LogP contribution in [0.3, 0.4) is 0 Å². The molecule has 2 aromatic heterocycles. The smallest absolute Gasteiger partial charge is 0.260 e. The van der Waals surface area contributed by atoms with E-state index in [9.17, 15) is 4.79 Å². The summed E-state index contributed by atoms with van der Waals surface area (Å²) in [5.74, 6) is -0.579. The molecule has 0 atom stereocenters. The van der Waals surface area contributed by atoms with E-state index in [0.29, 0.717) is 15.8 Å². The number of thiophene rings is 1. The third-order valence-electron chi connectivity index (χ3n) is 1.80. The SMILES string of the molecule is N#Cc1c(C(N)=O)sc2ncccc12. The second kappa shape index (κ2) is 3.09. The zero-order chi connectivity index (χ0) is 10.1. The van der Waals surface area contributed by atoms with Crippen LogP contribution in [0.4, 0.5) is 0 Å². The summed E-state index contributed by atoms with van der Waals surface area (Å²) in [5.41, 5.74) is 5.47. The molecular weight excluding hydrogens is 198 g/mol. The topological polar surface area (TPSA) is 79.8 Å². The molecule has 0 saturated heterocycles. The lowest BCUT2D eigenvalue weighted by Gasteiger charge is -1.87. The summed E-state index contributed by atoms with van der Waals surface area (Å²) in [7, 11) is 0. The van der Waals surface area contributed by atoms with E-state index in [1.165, 1.54) is 0 Å². The predicted octanol–water partition coefficient (Wildman–Crippen LogP) is 1.27. The second-order valence-corrected chi connectivity index (χ2v) is 3.64. The van der Waals surface area contributed by atoms with Crippen molar-refractivity contribution in [1.29, 1.82) is 5.26 Å². The average molecular weight is 203 g/mol. The normalized spacial score (nSPS) is 9.93. The fourth-order valence-corrected chi connectivity index (χ4v) is 2.16. The summed E-state index contributed by atoms with van der Waals surface area (Å²) in [4.78, 5) is 16.0. The van der Waals surface area contributed by atoms with Gasteiger partial charge in [-0.15, -0.1) is 11.3 Å². The molecule has 1 amide bonds. The van der Waals surface area contributed by atoms with E-state index in [1.807, 2.05) is 6.07 Å². The van der Waals surface area contributed by atoms with E-state index in [0.717, 1.165) is 11.3 Å². The maximum absolute atomic E-state index is 11.0. The molecule has 0 aliphatic heterocycles. The Morgan fingerprint density at radius 1 is 1.64 bits per heavy atom. The molecule has 0 bridgehead atoms. The summed E-state index contributed by atoms with van der Waals surface area (Å²) < 4.78 is 0. The number of hydrogen-bond donors (Lipinski definition) is 1. The summed E-state index contributed by atoms with van der Waals surface area (Å²) in [6.07, 6.45) is 1.62. The highest BCUT2D eigenvalue weighted by atomic mass is 32.1. The summed E-state index contributed by atoms with van der Waals surface area (Å²) in [6, 6.07) is 5.45. The lowest BCUT2D eigenvalue weighted by Crippen LogP contribution is -2.10. The van der Waals surface area contributed by atoms with E-state index >= 15 is 0 Å². The fraction of sp³-hybridized carbons (Fsp3) is 0. The van der Waals surface area contributed by atoms with Crippen molar-refractivity contribution in [1.82, 2.24) is 4.98 Å². The molecule has 68 valence electrons. The molecule has 14 heavy (non-hydrogen) atoms. The van der Waals surface area contributed by atoms with E-state index < -0.39 is 5.91 Å². The van der Waals surface area contributed by atoms with Crippen molar-refractivity contribution in [3.05, 3.63) is 28.8 Å². The van der Waals surface area contributed by atoms with Gasteiger partial charge in [0.05, 0.1) is 5.56 Å². The molecular formula is C9H5N3OS. The van der Waals surface area contributed by atoms with Gasteiger partial charge in [-0.25, -0.2) is 4.98 Å². The van der Waals surface area contributed by atoms with Gasteiger partial charge in [0, 0.05) is 11.6 Å². The summed E-state index contributed by atoms with van der Waals surface area (Å²) in [6.45, 7) is 0. The third kappa shape index (κ3) is 1.13. The predicted molar refractivity (Wildman–Crippen MR) is 52.9 cm³/mol. The average Bonchev–Trinajstić information content (AvgIpc) is 2.56. The highest BCUT2D eigenvalue weighted by Crippen LogP contribution is 2.28. The van der Waals surface area contributed by atoms with Crippen molar-refractivity contribution in [2.24, 2.45) is 5.73 Å². The largest absolute Gasteiger partial charge is 0.365 e. The minimum absolute atomic E-state index is 0.279. The Kier molecular flexibility index (Phi) is 1.91. The number of aromatic nitrogens is 1. The molecule has 2 rings (SSSR count). The number of pyridine rings is 1. The Hall–Kier alpha value is -1.93. The van der Waals surface area contributed by atoms with Crippen LogP contribution in [0.25, 0.3) is 10.2 Å². The first kappa shape index (κ1) is 8.66. The van der Waals surface area contributed by atoms with Crippen molar-refractivity contribution in [2.45, 2.75) is 0 Å². The molecule has 5 heteroatoms. The fourth-order valence-electron chi connectivity index (χ4n) is 1.22. The Bertz CT molecular complexity index is 553. The lowest BCUT2D eigenvalue weighted by atomic mass is 10.2. The van der Waals surface area contributed by atoms with Gasteiger partial charge in [0.1, 0.15) is 15.8 Å². The standard InChI is InChI=1S/C9H5N3OS/c10-4-6-5-2-1-3-12-9(5)14-7(6)8(11)13/h1-3H,(H2,11,13). The molecule has 2 aromatic rings. The second-order valence-electron chi connectivity index (χ2n) is 2.64. The van der Waals surface area contributed by atoms with Crippen LogP contribution in [0.2, 0.25) is 0 Å². The van der Waals surface area contributed by atoms with Crippen LogP contribution in [0.5, 0.6) is 0 Å². The van der Waals surface area contributed by atoms with E-state index in [2.05, 4.69) is 4.98 Å². The number of fused-ring (bicyclic) bond motifs is 1. The highest BCUT2D eigenvalue weighted by molar-refractivity contribution is 7.20. The molecule has 0 saturated carbocycles. The molecule has 0 aliphatic rings. The van der Waals surface area contributed by atoms with Crippen LogP contribution >= 0.6 is 11.3 Å². The highest BCUT2D eigenvalue weighted by Gasteiger charge is 2.15. The number of nitriles is 1. The van der Waals surface area contributed by atoms with Crippen molar-refractivity contribution >= 4 is 27.5 Å². The number of amides is 1. The zero-order valence-corrected chi connectivity index (χ0v) is 7.84. The van der Waals surface area contributed by atoms with Gasteiger partial charge in [0.15, 0.2) is 0 Å². The van der Waals surface area contributed by atoms with Crippen LogP contribution in [0.1, 0.15) is 15.2 Å². The minimum atomic E-state index is -0.579. The summed E-state index contributed by atoms with van der Waals surface area (Å²) in [5, 5.41) is 9.56. The first-order valence-electron chi connectivity index (χ1n) is 3.81. The monoisotopic (exact) mass is 203 g/mol. The van der Waals surface area contributed by atoms with Crippen LogP contribution in [-0.4, -0.2) is 10.9 Å². The number of primary amides is 1. The van der Waals surface area contributed by atoms with Gasteiger partial charge in [-0.2, -0.15) is 5.26 Å². The third-order valence-corrected chi connectivity index (χ3v) is 2.93. The number of nitrogens with two attached hydrogens (primary N) is 1. The first-order valence-corrected chi connectivity index (χ1v) is 4.63. The van der Waals surface area contributed by atoms with Gasteiger partial charge in [0.25, 0.3) is 5.91 Å². The maximum atomic E-state index is 11.0. The molecule has 0 radical (unpaired) electrons. The van der Waals surface area contributed by atoms with Crippen LogP contribution in [0.15, 0.2) is 18.3 Å². The minimum Gasteiger partial charge on any atom is -0.365 e. The van der Waals surface area contributed by atoms with E-state index in [-0.39, 0.29) is 4.88 Å². The lowest BCUT2D eigenvalue weighted by molar-refractivity contribution is 0.100. The van der Waals surface area contributed by atoms with Crippen molar-refractivity contribution in [3.8, 4) is 6.07 Å². The molecule has 0 unspecified atom stereocenters. The Labute approximate surface area is 83.6 Å². The van der Waals surface area contributed by atoms with E-state index in [4.69, 9.17) is 11.0 Å². The number of hydrogen-bond acceptors (Lipinski definition) is 4. The van der Waals surface area contributed by atoms with Crippen molar-refractivity contribution < 1.29 is 4.79 Å². The molecule has 0 aliphatic carbocycles. The van der Waals surface area contributed by atoms with Crippen molar-refractivity contribution in [3.63, 3.8) is 0 Å². The van der Waals surface area contributed by atoms with Crippen LogP contribution in [0, 0.1) is 11.3 Å². The number of carbonyl (C=O) groups is 1. The molecule has 2 N–H and O–H groups in total. The quantitative estimate of drug-likeness (QED) is 0.757. The van der Waals surface area contributed by atoms with Gasteiger partial charge < -0.3 is 5.73 Å². The molecule has 0 aromatic carbocycles. The number of rotatable bonds is 1. The molecule has 0 fully saturated rings. The zero-order valence-electron chi connectivity index (χ0n) is 7.02. The molecule has 2 heterocycles. The maximum Gasteiger partial charge on any atom is 0.260 e. The van der Waals surface area contributed by atoms with E-state index in [1.54, 1.807) is 18.3 Å². The van der Waals surface area contributed by atoms with Crippen LogP contribution < -0.4 is 5.73 Å². The van der Waals surface area contributed by atoms with Gasteiger partial charge >= 0.3 is 0 Å².